The topological polar surface area (TPSA) is 26.3 Å². The van der Waals surface area contributed by atoms with Crippen LogP contribution in [0.5, 0.6) is 0 Å². The van der Waals surface area contributed by atoms with Gasteiger partial charge in [-0.1, -0.05) is 38.2 Å². The first-order chi connectivity index (χ1) is 8.79. The fourth-order valence-electron chi connectivity index (χ4n) is 3.62. The molecule has 2 fully saturated rings. The Kier molecular flexibility index (Phi) is 5.27. The molecule has 2 saturated carbocycles. The van der Waals surface area contributed by atoms with Crippen LogP contribution in [0.4, 0.5) is 0 Å². The predicted octanol–water partition coefficient (Wildman–Crippen LogP) is 4.24. The zero-order chi connectivity index (χ0) is 12.8. The minimum atomic E-state index is -0.168. The lowest BCUT2D eigenvalue weighted by Crippen LogP contribution is -2.28. The van der Waals surface area contributed by atoms with E-state index in [1.165, 1.54) is 51.0 Å². The average Bonchev–Trinajstić information content (AvgIpc) is 2.41. The van der Waals surface area contributed by atoms with Crippen LogP contribution in [-0.2, 0) is 9.53 Å². The molecule has 0 unspecified atom stereocenters. The van der Waals surface area contributed by atoms with Crippen molar-refractivity contribution in [3.05, 3.63) is 12.2 Å². The first-order valence-electron chi connectivity index (χ1n) is 7.63. The molecule has 0 spiro atoms. The molecule has 102 valence electrons. The Morgan fingerprint density at radius 3 is 2.17 bits per heavy atom. The molecule has 2 rings (SSSR count). The molecule has 2 heteroatoms. The van der Waals surface area contributed by atoms with Crippen molar-refractivity contribution in [3.8, 4) is 0 Å². The minimum absolute atomic E-state index is 0.168. The third-order valence-corrected chi connectivity index (χ3v) is 4.62. The molecule has 0 saturated heterocycles. The van der Waals surface area contributed by atoms with Crippen LogP contribution in [0.25, 0.3) is 0 Å². The van der Waals surface area contributed by atoms with E-state index in [-0.39, 0.29) is 12.1 Å². The van der Waals surface area contributed by atoms with Gasteiger partial charge >= 0.3 is 5.97 Å². The molecule has 0 aromatic heterocycles. The highest BCUT2D eigenvalue weighted by Gasteiger charge is 2.29. The van der Waals surface area contributed by atoms with Crippen molar-refractivity contribution in [3.63, 3.8) is 0 Å². The van der Waals surface area contributed by atoms with Gasteiger partial charge in [0.15, 0.2) is 0 Å². The van der Waals surface area contributed by atoms with Gasteiger partial charge in [0.2, 0.25) is 0 Å². The first kappa shape index (κ1) is 13.6. The number of esters is 1. The van der Waals surface area contributed by atoms with Gasteiger partial charge in [0.05, 0.1) is 0 Å². The summed E-state index contributed by atoms with van der Waals surface area (Å²) in [4.78, 5) is 11.4. The van der Waals surface area contributed by atoms with Crippen molar-refractivity contribution < 1.29 is 9.53 Å². The van der Waals surface area contributed by atoms with Gasteiger partial charge in [-0.05, 0) is 44.4 Å². The highest BCUT2D eigenvalue weighted by Crippen LogP contribution is 2.38. The number of carbonyl (C=O) groups excluding carboxylic acids is 1. The third-order valence-electron chi connectivity index (χ3n) is 4.62. The van der Waals surface area contributed by atoms with E-state index in [2.05, 4.69) is 0 Å². The molecular formula is C16H26O2. The zero-order valence-corrected chi connectivity index (χ0v) is 11.6. The normalized spacial score (nSPS) is 30.5. The van der Waals surface area contributed by atoms with E-state index in [9.17, 15) is 4.79 Å². The van der Waals surface area contributed by atoms with Crippen LogP contribution < -0.4 is 0 Å². The molecule has 0 amide bonds. The Hall–Kier alpha value is -0.790. The standard InChI is InChI=1S/C16H26O2/c1-2-6-16(17)18-15-11-9-14(10-12-15)13-7-4-3-5-8-13/h2,6,13-15H,3-5,7-12H2,1H3. The second kappa shape index (κ2) is 6.96. The van der Waals surface area contributed by atoms with E-state index >= 15 is 0 Å². The van der Waals surface area contributed by atoms with Crippen molar-refractivity contribution in [1.29, 1.82) is 0 Å². The molecular weight excluding hydrogens is 224 g/mol. The number of rotatable bonds is 3. The van der Waals surface area contributed by atoms with Crippen LogP contribution in [0.3, 0.4) is 0 Å². The zero-order valence-electron chi connectivity index (χ0n) is 11.6. The van der Waals surface area contributed by atoms with Gasteiger partial charge in [-0.3, -0.25) is 0 Å². The average molecular weight is 250 g/mol. The Bertz CT molecular complexity index is 281. The molecule has 2 aliphatic rings. The van der Waals surface area contributed by atoms with Gasteiger partial charge in [0, 0.05) is 6.08 Å². The number of hydrogen-bond donors (Lipinski definition) is 0. The third kappa shape index (κ3) is 3.86. The van der Waals surface area contributed by atoms with E-state index in [0.717, 1.165) is 24.7 Å². The van der Waals surface area contributed by atoms with Crippen LogP contribution in [0.1, 0.15) is 64.7 Å². The summed E-state index contributed by atoms with van der Waals surface area (Å²) < 4.78 is 5.44. The van der Waals surface area contributed by atoms with Gasteiger partial charge in [0.1, 0.15) is 6.10 Å². The van der Waals surface area contributed by atoms with Gasteiger partial charge < -0.3 is 4.74 Å². The molecule has 0 heterocycles. The summed E-state index contributed by atoms with van der Waals surface area (Å²) in [5.41, 5.74) is 0. The molecule has 0 radical (unpaired) electrons. The summed E-state index contributed by atoms with van der Waals surface area (Å²) in [7, 11) is 0. The number of ether oxygens (including phenoxy) is 1. The summed E-state index contributed by atoms with van der Waals surface area (Å²) in [6.45, 7) is 1.85. The van der Waals surface area contributed by atoms with E-state index in [1.54, 1.807) is 6.08 Å². The highest BCUT2D eigenvalue weighted by atomic mass is 16.5. The molecule has 0 aromatic carbocycles. The van der Waals surface area contributed by atoms with E-state index < -0.39 is 0 Å². The summed E-state index contributed by atoms with van der Waals surface area (Å²) in [5, 5.41) is 0. The second-order valence-corrected chi connectivity index (χ2v) is 5.87. The molecule has 18 heavy (non-hydrogen) atoms. The summed E-state index contributed by atoms with van der Waals surface area (Å²) >= 11 is 0. The minimum Gasteiger partial charge on any atom is -0.459 e. The maximum atomic E-state index is 11.4. The monoisotopic (exact) mass is 250 g/mol. The van der Waals surface area contributed by atoms with Crippen LogP contribution in [0, 0.1) is 11.8 Å². The van der Waals surface area contributed by atoms with Crippen molar-refractivity contribution >= 4 is 5.97 Å². The quantitative estimate of drug-likeness (QED) is 0.553. The van der Waals surface area contributed by atoms with Crippen molar-refractivity contribution in [2.75, 3.05) is 0 Å². The Labute approximate surface area is 111 Å². The molecule has 0 aromatic rings. The molecule has 2 aliphatic carbocycles. The van der Waals surface area contributed by atoms with E-state index in [0.29, 0.717) is 0 Å². The van der Waals surface area contributed by atoms with Crippen molar-refractivity contribution in [1.82, 2.24) is 0 Å². The Balaban J connectivity index is 1.72. The molecule has 0 N–H and O–H groups in total. The Morgan fingerprint density at radius 2 is 1.56 bits per heavy atom. The van der Waals surface area contributed by atoms with Crippen molar-refractivity contribution in [2.45, 2.75) is 70.8 Å². The summed E-state index contributed by atoms with van der Waals surface area (Å²) in [6.07, 6.45) is 15.3. The van der Waals surface area contributed by atoms with E-state index in [1.807, 2.05) is 6.92 Å². The van der Waals surface area contributed by atoms with Crippen LogP contribution in [0.2, 0.25) is 0 Å². The molecule has 0 bridgehead atoms. The summed E-state index contributed by atoms with van der Waals surface area (Å²) in [6, 6.07) is 0. The largest absolute Gasteiger partial charge is 0.459 e. The van der Waals surface area contributed by atoms with Crippen molar-refractivity contribution in [2.24, 2.45) is 11.8 Å². The lowest BCUT2D eigenvalue weighted by atomic mass is 9.73. The van der Waals surface area contributed by atoms with Gasteiger partial charge in [-0.25, -0.2) is 4.79 Å². The van der Waals surface area contributed by atoms with Gasteiger partial charge in [-0.15, -0.1) is 0 Å². The lowest BCUT2D eigenvalue weighted by molar-refractivity contribution is -0.145. The van der Waals surface area contributed by atoms with Crippen LogP contribution >= 0.6 is 0 Å². The maximum absolute atomic E-state index is 11.4. The highest BCUT2D eigenvalue weighted by molar-refractivity contribution is 5.81. The molecule has 0 atom stereocenters. The Morgan fingerprint density at radius 1 is 0.944 bits per heavy atom. The van der Waals surface area contributed by atoms with Gasteiger partial charge in [-0.2, -0.15) is 0 Å². The molecule has 2 nitrogen and oxygen atoms in total. The van der Waals surface area contributed by atoms with Crippen LogP contribution in [0.15, 0.2) is 12.2 Å². The fraction of sp³-hybridized carbons (Fsp3) is 0.812. The molecule has 0 aliphatic heterocycles. The summed E-state index contributed by atoms with van der Waals surface area (Å²) in [5.74, 6) is 1.70. The maximum Gasteiger partial charge on any atom is 0.330 e. The number of carbonyl (C=O) groups is 1. The smallest absolute Gasteiger partial charge is 0.330 e. The van der Waals surface area contributed by atoms with Crippen LogP contribution in [-0.4, -0.2) is 12.1 Å². The second-order valence-electron chi connectivity index (χ2n) is 5.87. The first-order valence-corrected chi connectivity index (χ1v) is 7.63. The number of hydrogen-bond acceptors (Lipinski definition) is 2. The predicted molar refractivity (Wildman–Crippen MR) is 73.2 cm³/mol. The van der Waals surface area contributed by atoms with E-state index in [4.69, 9.17) is 4.74 Å². The van der Waals surface area contributed by atoms with Gasteiger partial charge in [0.25, 0.3) is 0 Å². The number of allylic oxidation sites excluding steroid dienone is 1. The lowest BCUT2D eigenvalue weighted by Gasteiger charge is -2.35. The fourth-order valence-corrected chi connectivity index (χ4v) is 3.62. The SMILES string of the molecule is CC=CC(=O)OC1CCC(C2CCCCC2)CC1.